The Kier molecular flexibility index (Phi) is 5.90. The molecule has 6 nitrogen and oxygen atoms in total. The molecule has 0 aliphatic carbocycles. The van der Waals surface area contributed by atoms with Gasteiger partial charge in [0.2, 0.25) is 0 Å². The van der Waals surface area contributed by atoms with Gasteiger partial charge < -0.3 is 10.0 Å². The fraction of sp³-hybridized carbons (Fsp3) is 0.318. The molecule has 0 aliphatic heterocycles. The second kappa shape index (κ2) is 8.35. The molecule has 0 saturated heterocycles. The Morgan fingerprint density at radius 3 is 2.61 bits per heavy atom. The second-order valence-electron chi connectivity index (χ2n) is 7.18. The van der Waals surface area contributed by atoms with Crippen LogP contribution in [0, 0.1) is 0 Å². The first-order chi connectivity index (χ1) is 13.4. The minimum Gasteiger partial charge on any atom is -0.384 e. The smallest absolute Gasteiger partial charge is 0.256 e. The van der Waals surface area contributed by atoms with Gasteiger partial charge in [0.25, 0.3) is 5.91 Å². The molecule has 1 N–H and O–H groups in total. The van der Waals surface area contributed by atoms with Crippen LogP contribution >= 0.6 is 0 Å². The van der Waals surface area contributed by atoms with Gasteiger partial charge in [0, 0.05) is 37.6 Å². The van der Waals surface area contributed by atoms with Gasteiger partial charge in [-0.3, -0.25) is 9.78 Å². The van der Waals surface area contributed by atoms with E-state index in [0.29, 0.717) is 30.8 Å². The van der Waals surface area contributed by atoms with Gasteiger partial charge in [-0.05, 0) is 51.1 Å². The first-order valence-electron chi connectivity index (χ1n) is 9.47. The second-order valence-corrected chi connectivity index (χ2v) is 7.18. The molecule has 146 valence electrons. The molecule has 28 heavy (non-hydrogen) atoms. The van der Waals surface area contributed by atoms with E-state index in [1.54, 1.807) is 29.6 Å². The molecule has 0 radical (unpaired) electrons. The minimum absolute atomic E-state index is 0.0350. The molecule has 0 atom stereocenters. The molecule has 0 spiro atoms. The van der Waals surface area contributed by atoms with Crippen LogP contribution in [0.25, 0.3) is 5.69 Å². The molecule has 0 fully saturated rings. The predicted molar refractivity (Wildman–Crippen MR) is 108 cm³/mol. The SMILES string of the molecule is CCN(CCc1cccc(C(C)(C)O)n1)C(=O)c1ccccc1-n1cccn1. The lowest BCUT2D eigenvalue weighted by molar-refractivity contribution is 0.0728. The van der Waals surface area contributed by atoms with E-state index in [1.807, 2.05) is 61.7 Å². The molecule has 0 aliphatic rings. The highest BCUT2D eigenvalue weighted by Gasteiger charge is 2.20. The lowest BCUT2D eigenvalue weighted by Crippen LogP contribution is -2.33. The molecule has 0 saturated carbocycles. The van der Waals surface area contributed by atoms with Gasteiger partial charge in [0.15, 0.2) is 0 Å². The van der Waals surface area contributed by atoms with Crippen molar-refractivity contribution in [3.8, 4) is 5.69 Å². The quantitative estimate of drug-likeness (QED) is 0.685. The summed E-state index contributed by atoms with van der Waals surface area (Å²) in [7, 11) is 0. The van der Waals surface area contributed by atoms with Crippen molar-refractivity contribution in [3.63, 3.8) is 0 Å². The first kappa shape index (κ1) is 19.8. The number of aliphatic hydroxyl groups is 1. The Morgan fingerprint density at radius 1 is 1.14 bits per heavy atom. The fourth-order valence-corrected chi connectivity index (χ4v) is 3.05. The number of aromatic nitrogens is 3. The van der Waals surface area contributed by atoms with Crippen LogP contribution in [0.3, 0.4) is 0 Å². The van der Waals surface area contributed by atoms with Crippen molar-refractivity contribution in [2.75, 3.05) is 13.1 Å². The molecule has 6 heteroatoms. The summed E-state index contributed by atoms with van der Waals surface area (Å²) >= 11 is 0. The maximum absolute atomic E-state index is 13.2. The third kappa shape index (κ3) is 4.46. The highest BCUT2D eigenvalue weighted by Crippen LogP contribution is 2.18. The number of nitrogens with zero attached hydrogens (tertiary/aromatic N) is 4. The summed E-state index contributed by atoms with van der Waals surface area (Å²) in [6.07, 6.45) is 4.14. The van der Waals surface area contributed by atoms with Gasteiger partial charge >= 0.3 is 0 Å². The van der Waals surface area contributed by atoms with Gasteiger partial charge in [-0.2, -0.15) is 5.10 Å². The fourth-order valence-electron chi connectivity index (χ4n) is 3.05. The number of likely N-dealkylation sites (N-methyl/N-ethyl adjacent to an activating group) is 1. The van der Waals surface area contributed by atoms with Gasteiger partial charge in [-0.25, -0.2) is 4.68 Å². The number of para-hydroxylation sites is 1. The van der Waals surface area contributed by atoms with E-state index < -0.39 is 5.60 Å². The number of rotatable bonds is 7. The average Bonchev–Trinajstić information content (AvgIpc) is 3.22. The molecule has 1 amide bonds. The van der Waals surface area contributed by atoms with E-state index >= 15 is 0 Å². The summed E-state index contributed by atoms with van der Waals surface area (Å²) in [6, 6.07) is 14.9. The highest BCUT2D eigenvalue weighted by atomic mass is 16.3. The molecule has 1 aromatic carbocycles. The lowest BCUT2D eigenvalue weighted by atomic mass is 10.0. The third-order valence-electron chi connectivity index (χ3n) is 4.63. The van der Waals surface area contributed by atoms with Crippen molar-refractivity contribution in [1.29, 1.82) is 0 Å². The minimum atomic E-state index is -0.987. The van der Waals surface area contributed by atoms with Crippen molar-refractivity contribution in [3.05, 3.63) is 77.9 Å². The van der Waals surface area contributed by atoms with Gasteiger partial charge in [-0.15, -0.1) is 0 Å². The van der Waals surface area contributed by atoms with Crippen molar-refractivity contribution in [2.45, 2.75) is 32.8 Å². The molecule has 2 aromatic heterocycles. The van der Waals surface area contributed by atoms with Crippen LogP contribution in [-0.2, 0) is 12.0 Å². The van der Waals surface area contributed by atoms with Crippen LogP contribution in [0.5, 0.6) is 0 Å². The van der Waals surface area contributed by atoms with E-state index in [-0.39, 0.29) is 5.91 Å². The Labute approximate surface area is 165 Å². The number of pyridine rings is 1. The molecule has 3 aromatic rings. The zero-order chi connectivity index (χ0) is 20.1. The number of hydrogen-bond acceptors (Lipinski definition) is 4. The number of amides is 1. The summed E-state index contributed by atoms with van der Waals surface area (Å²) in [5, 5.41) is 14.4. The van der Waals surface area contributed by atoms with E-state index in [0.717, 1.165) is 11.4 Å². The van der Waals surface area contributed by atoms with E-state index in [2.05, 4.69) is 10.1 Å². The summed E-state index contributed by atoms with van der Waals surface area (Å²) in [6.45, 7) is 6.54. The Morgan fingerprint density at radius 2 is 1.93 bits per heavy atom. The number of carbonyl (C=O) groups excluding carboxylic acids is 1. The van der Waals surface area contributed by atoms with Crippen molar-refractivity contribution in [2.24, 2.45) is 0 Å². The number of hydrogen-bond donors (Lipinski definition) is 1. The Balaban J connectivity index is 1.77. The summed E-state index contributed by atoms with van der Waals surface area (Å²) in [4.78, 5) is 19.5. The zero-order valence-corrected chi connectivity index (χ0v) is 16.5. The lowest BCUT2D eigenvalue weighted by Gasteiger charge is -2.23. The number of benzene rings is 1. The van der Waals surface area contributed by atoms with Gasteiger partial charge in [-0.1, -0.05) is 18.2 Å². The first-order valence-corrected chi connectivity index (χ1v) is 9.47. The van der Waals surface area contributed by atoms with Crippen LogP contribution in [0.15, 0.2) is 60.9 Å². The third-order valence-corrected chi connectivity index (χ3v) is 4.63. The summed E-state index contributed by atoms with van der Waals surface area (Å²) in [5.74, 6) is -0.0350. The average molecular weight is 378 g/mol. The molecular formula is C22H26N4O2. The maximum Gasteiger partial charge on any atom is 0.256 e. The summed E-state index contributed by atoms with van der Waals surface area (Å²) < 4.78 is 1.70. The maximum atomic E-state index is 13.2. The Bertz CT molecular complexity index is 930. The normalized spacial score (nSPS) is 11.4. The van der Waals surface area contributed by atoms with Gasteiger partial charge in [0.1, 0.15) is 5.60 Å². The van der Waals surface area contributed by atoms with E-state index in [9.17, 15) is 9.90 Å². The van der Waals surface area contributed by atoms with Crippen molar-refractivity contribution >= 4 is 5.91 Å². The molecule has 3 rings (SSSR count). The van der Waals surface area contributed by atoms with Crippen LogP contribution in [0.2, 0.25) is 0 Å². The van der Waals surface area contributed by atoms with Gasteiger partial charge in [0.05, 0.1) is 16.9 Å². The standard InChI is InChI=1S/C22H26N4O2/c1-4-25(16-13-17-9-7-12-20(24-17)22(2,3)28)21(27)18-10-5-6-11-19(18)26-15-8-14-23-26/h5-12,14-15,28H,4,13,16H2,1-3H3. The van der Waals surface area contributed by atoms with Crippen LogP contribution in [-0.4, -0.2) is 43.8 Å². The van der Waals surface area contributed by atoms with E-state index in [1.165, 1.54) is 0 Å². The predicted octanol–water partition coefficient (Wildman–Crippen LogP) is 3.20. The van der Waals surface area contributed by atoms with Crippen LogP contribution < -0.4 is 0 Å². The largest absolute Gasteiger partial charge is 0.384 e. The molecule has 2 heterocycles. The topological polar surface area (TPSA) is 71.2 Å². The molecule has 0 bridgehead atoms. The molecular weight excluding hydrogens is 352 g/mol. The highest BCUT2D eigenvalue weighted by molar-refractivity contribution is 5.97. The Hall–Kier alpha value is -2.99. The summed E-state index contributed by atoms with van der Waals surface area (Å²) in [5.41, 5.74) is 1.87. The van der Waals surface area contributed by atoms with Crippen molar-refractivity contribution in [1.82, 2.24) is 19.7 Å². The zero-order valence-electron chi connectivity index (χ0n) is 16.5. The van der Waals surface area contributed by atoms with Crippen LogP contribution in [0.4, 0.5) is 0 Å². The molecule has 0 unspecified atom stereocenters. The number of carbonyl (C=O) groups is 1. The monoisotopic (exact) mass is 378 g/mol. The van der Waals surface area contributed by atoms with Crippen molar-refractivity contribution < 1.29 is 9.90 Å². The van der Waals surface area contributed by atoms with E-state index in [4.69, 9.17) is 0 Å². The van der Waals surface area contributed by atoms with Crippen LogP contribution in [0.1, 0.15) is 42.5 Å².